The van der Waals surface area contributed by atoms with Crippen molar-refractivity contribution in [3.8, 4) is 5.75 Å². The Morgan fingerprint density at radius 3 is 2.52 bits per heavy atom. The molecular formula is C22H31N2O6P. The Bertz CT molecular complexity index is 962. The maximum Gasteiger partial charge on any atom is 0.342 e. The van der Waals surface area contributed by atoms with Gasteiger partial charge in [-0.2, -0.15) is 0 Å². The number of ether oxygens (including phenoxy) is 2. The van der Waals surface area contributed by atoms with Crippen LogP contribution in [0.1, 0.15) is 33.3 Å². The van der Waals surface area contributed by atoms with Crippen LogP contribution in [0.4, 0.5) is 0 Å². The van der Waals surface area contributed by atoms with E-state index in [1.54, 1.807) is 32.9 Å². The Morgan fingerprint density at radius 1 is 1.13 bits per heavy atom. The van der Waals surface area contributed by atoms with E-state index in [2.05, 4.69) is 10.4 Å². The lowest BCUT2D eigenvalue weighted by atomic mass is 10.0. The van der Waals surface area contributed by atoms with Gasteiger partial charge in [0.2, 0.25) is 5.91 Å². The molecule has 0 aromatic heterocycles. The lowest BCUT2D eigenvalue weighted by Crippen LogP contribution is -2.36. The van der Waals surface area contributed by atoms with Crippen LogP contribution < -0.4 is 14.9 Å². The molecule has 0 aliphatic carbocycles. The molecule has 2 unspecified atom stereocenters. The summed E-state index contributed by atoms with van der Waals surface area (Å²) in [7, 11) is -2.14. The van der Waals surface area contributed by atoms with Gasteiger partial charge in [-0.3, -0.25) is 14.2 Å². The first-order valence-corrected chi connectivity index (χ1v) is 12.0. The van der Waals surface area contributed by atoms with Crippen molar-refractivity contribution in [2.45, 2.75) is 46.3 Å². The zero-order chi connectivity index (χ0) is 23.0. The molecule has 0 aliphatic rings. The highest BCUT2D eigenvalue weighted by molar-refractivity contribution is 7.57. The van der Waals surface area contributed by atoms with Gasteiger partial charge in [0.15, 0.2) is 0 Å². The zero-order valence-corrected chi connectivity index (χ0v) is 19.5. The maximum absolute atomic E-state index is 13.3. The quantitative estimate of drug-likeness (QED) is 0.398. The molecule has 2 aromatic rings. The van der Waals surface area contributed by atoms with Gasteiger partial charge in [0.25, 0.3) is 0 Å². The Hall–Kier alpha value is -2.41. The van der Waals surface area contributed by atoms with E-state index >= 15 is 0 Å². The minimum atomic E-state index is -3.55. The fraction of sp³-hybridized carbons (Fsp3) is 0.455. The summed E-state index contributed by atoms with van der Waals surface area (Å²) in [6.07, 6.45) is 0.150. The van der Waals surface area contributed by atoms with Crippen molar-refractivity contribution in [1.82, 2.24) is 10.4 Å². The lowest BCUT2D eigenvalue weighted by molar-refractivity contribution is -0.149. The van der Waals surface area contributed by atoms with E-state index in [1.807, 2.05) is 24.3 Å². The molecule has 9 heteroatoms. The van der Waals surface area contributed by atoms with Gasteiger partial charge in [0.1, 0.15) is 18.1 Å². The van der Waals surface area contributed by atoms with E-state index in [0.717, 1.165) is 16.3 Å². The Morgan fingerprint density at radius 2 is 1.87 bits per heavy atom. The first kappa shape index (κ1) is 24.9. The smallest absolute Gasteiger partial charge is 0.342 e. The average Bonchev–Trinajstić information content (AvgIpc) is 2.67. The van der Waals surface area contributed by atoms with Crippen LogP contribution in [0.5, 0.6) is 5.75 Å². The molecule has 2 atom stereocenters. The normalized spacial score (nSPS) is 14.1. The van der Waals surface area contributed by atoms with Gasteiger partial charge < -0.3 is 19.3 Å². The molecule has 2 rings (SSSR count). The first-order chi connectivity index (χ1) is 14.6. The van der Waals surface area contributed by atoms with Crippen LogP contribution in [0, 0.1) is 0 Å². The van der Waals surface area contributed by atoms with Gasteiger partial charge >= 0.3 is 13.5 Å². The molecule has 0 bridgehead atoms. The summed E-state index contributed by atoms with van der Waals surface area (Å²) in [6, 6.07) is 10.5. The topological polar surface area (TPSA) is 103 Å². The molecule has 0 fully saturated rings. The highest BCUT2D eigenvalue weighted by Gasteiger charge is 2.31. The third-order valence-corrected chi connectivity index (χ3v) is 6.24. The molecule has 170 valence electrons. The van der Waals surface area contributed by atoms with Crippen LogP contribution >= 0.6 is 7.52 Å². The second-order valence-corrected chi connectivity index (χ2v) is 9.60. The summed E-state index contributed by atoms with van der Waals surface area (Å²) in [4.78, 5) is 23.3. The van der Waals surface area contributed by atoms with Gasteiger partial charge in [0, 0.05) is 20.6 Å². The SMILES string of the molecule is COCP(=O)(NC(C)C(=O)OC(C)C)Oc1ccc2cccc(CCNC(C)=O)c2c1. The molecule has 0 heterocycles. The average molecular weight is 450 g/mol. The molecule has 1 amide bonds. The minimum absolute atomic E-state index is 0.0825. The zero-order valence-electron chi connectivity index (χ0n) is 18.6. The molecule has 0 saturated carbocycles. The summed E-state index contributed by atoms with van der Waals surface area (Å²) in [6.45, 7) is 7.05. The number of nitrogens with one attached hydrogen (secondary N) is 2. The monoisotopic (exact) mass is 450 g/mol. The van der Waals surface area contributed by atoms with E-state index in [0.29, 0.717) is 18.7 Å². The van der Waals surface area contributed by atoms with E-state index in [1.165, 1.54) is 14.0 Å². The second kappa shape index (κ2) is 11.3. The third-order valence-electron chi connectivity index (χ3n) is 4.36. The van der Waals surface area contributed by atoms with Gasteiger partial charge in [-0.05, 0) is 55.7 Å². The molecule has 0 spiro atoms. The summed E-state index contributed by atoms with van der Waals surface area (Å²) in [5.41, 5.74) is 1.03. The fourth-order valence-electron chi connectivity index (χ4n) is 3.08. The highest BCUT2D eigenvalue weighted by atomic mass is 31.2. The number of rotatable bonds is 11. The summed E-state index contributed by atoms with van der Waals surface area (Å²) < 4.78 is 29.4. The maximum atomic E-state index is 13.3. The number of fused-ring (bicyclic) bond motifs is 1. The van der Waals surface area contributed by atoms with Crippen LogP contribution in [-0.4, -0.2) is 44.0 Å². The Labute approximate surface area is 183 Å². The number of esters is 1. The van der Waals surface area contributed by atoms with Crippen molar-refractivity contribution in [2.24, 2.45) is 0 Å². The molecule has 2 aromatic carbocycles. The van der Waals surface area contributed by atoms with Gasteiger partial charge in [-0.1, -0.05) is 24.3 Å². The second-order valence-electron chi connectivity index (χ2n) is 7.55. The predicted octanol–water partition coefficient (Wildman–Crippen LogP) is 3.62. The third kappa shape index (κ3) is 7.65. The number of benzene rings is 2. The van der Waals surface area contributed by atoms with E-state index in [9.17, 15) is 14.2 Å². The van der Waals surface area contributed by atoms with E-state index < -0.39 is 19.5 Å². The standard InChI is InChI=1S/C22H31N2O6P/c1-15(2)29-22(26)16(3)24-31(27,14-28-5)30-20-10-9-18-7-6-8-19(21(18)13-20)11-12-23-17(4)25/h6-10,13,15-16H,11-12,14H2,1-5H3,(H,23,25)(H,24,27). The molecule has 8 nitrogen and oxygen atoms in total. The van der Waals surface area contributed by atoms with E-state index in [4.69, 9.17) is 14.0 Å². The van der Waals surface area contributed by atoms with Crippen LogP contribution in [-0.2, 0) is 30.0 Å². The first-order valence-electron chi connectivity index (χ1n) is 10.2. The van der Waals surface area contributed by atoms with Crippen molar-refractivity contribution in [3.05, 3.63) is 42.0 Å². The molecular weight excluding hydrogens is 419 g/mol. The summed E-state index contributed by atoms with van der Waals surface area (Å²) >= 11 is 0. The van der Waals surface area contributed by atoms with Crippen molar-refractivity contribution in [2.75, 3.05) is 20.0 Å². The van der Waals surface area contributed by atoms with Crippen molar-refractivity contribution >= 4 is 30.2 Å². The fourth-order valence-corrected chi connectivity index (χ4v) is 4.75. The van der Waals surface area contributed by atoms with Crippen LogP contribution in [0.2, 0.25) is 0 Å². The molecule has 0 aliphatic heterocycles. The minimum Gasteiger partial charge on any atom is -0.462 e. The van der Waals surface area contributed by atoms with Crippen LogP contribution in [0.15, 0.2) is 36.4 Å². The number of methoxy groups -OCH3 is 1. The van der Waals surface area contributed by atoms with Gasteiger partial charge in [-0.25, -0.2) is 5.09 Å². The van der Waals surface area contributed by atoms with Crippen LogP contribution in [0.25, 0.3) is 10.8 Å². The molecule has 2 N–H and O–H groups in total. The number of amides is 1. The van der Waals surface area contributed by atoms with Crippen molar-refractivity contribution in [3.63, 3.8) is 0 Å². The van der Waals surface area contributed by atoms with Gasteiger partial charge in [0.05, 0.1) is 6.10 Å². The summed E-state index contributed by atoms with van der Waals surface area (Å²) in [5, 5.41) is 7.46. The lowest BCUT2D eigenvalue weighted by Gasteiger charge is -2.23. The summed E-state index contributed by atoms with van der Waals surface area (Å²) in [5.74, 6) is -0.216. The number of hydrogen-bond donors (Lipinski definition) is 2. The highest BCUT2D eigenvalue weighted by Crippen LogP contribution is 2.44. The molecule has 0 saturated heterocycles. The largest absolute Gasteiger partial charge is 0.462 e. The van der Waals surface area contributed by atoms with Crippen molar-refractivity contribution < 1.29 is 28.2 Å². The number of carbonyl (C=O) groups is 2. The molecule has 31 heavy (non-hydrogen) atoms. The Balaban J connectivity index is 2.24. The number of carbonyl (C=O) groups excluding carboxylic acids is 2. The van der Waals surface area contributed by atoms with Gasteiger partial charge in [-0.15, -0.1) is 0 Å². The molecule has 0 radical (unpaired) electrons. The Kier molecular flexibility index (Phi) is 9.04. The van der Waals surface area contributed by atoms with Crippen LogP contribution in [0.3, 0.4) is 0 Å². The van der Waals surface area contributed by atoms with E-state index in [-0.39, 0.29) is 18.4 Å². The predicted molar refractivity (Wildman–Crippen MR) is 120 cm³/mol. The number of hydrogen-bond acceptors (Lipinski definition) is 6. The van der Waals surface area contributed by atoms with Crippen molar-refractivity contribution in [1.29, 1.82) is 0 Å².